The summed E-state index contributed by atoms with van der Waals surface area (Å²) >= 11 is 5.72. The standard InChI is InChI=1S/C9H14ClN3O2/c1-12-4-7(14)8(15)6-2-5(10)3-13-9(6)11/h2-3,7-8,12,14-15H,4H2,1H3,(H2,11,13). The lowest BCUT2D eigenvalue weighted by molar-refractivity contribution is 0.0205. The number of nitrogen functional groups attached to an aromatic ring is 1. The third kappa shape index (κ3) is 3.04. The van der Waals surface area contributed by atoms with Gasteiger partial charge in [-0.05, 0) is 13.1 Å². The molecule has 0 fully saturated rings. The number of nitrogens with zero attached hydrogens (tertiary/aromatic N) is 1. The van der Waals surface area contributed by atoms with E-state index in [0.717, 1.165) is 0 Å². The second-order valence-electron chi connectivity index (χ2n) is 3.20. The Balaban J connectivity index is 2.89. The predicted molar refractivity (Wildman–Crippen MR) is 58.6 cm³/mol. The van der Waals surface area contributed by atoms with Gasteiger partial charge in [-0.1, -0.05) is 11.6 Å². The van der Waals surface area contributed by atoms with Gasteiger partial charge in [0.25, 0.3) is 0 Å². The van der Waals surface area contributed by atoms with Gasteiger partial charge in [-0.2, -0.15) is 0 Å². The lowest BCUT2D eigenvalue weighted by Crippen LogP contribution is -2.30. The highest BCUT2D eigenvalue weighted by Crippen LogP contribution is 2.24. The number of anilines is 1. The molecule has 0 spiro atoms. The number of rotatable bonds is 4. The topological polar surface area (TPSA) is 91.4 Å². The Labute approximate surface area is 92.9 Å². The van der Waals surface area contributed by atoms with Gasteiger partial charge in [-0.3, -0.25) is 0 Å². The maximum absolute atomic E-state index is 9.76. The Bertz CT molecular complexity index is 335. The van der Waals surface area contributed by atoms with Gasteiger partial charge in [0.2, 0.25) is 0 Å². The van der Waals surface area contributed by atoms with Gasteiger partial charge in [0.05, 0.1) is 11.1 Å². The number of hydrogen-bond donors (Lipinski definition) is 4. The van der Waals surface area contributed by atoms with E-state index in [2.05, 4.69) is 10.3 Å². The van der Waals surface area contributed by atoms with Gasteiger partial charge in [0.15, 0.2) is 0 Å². The zero-order valence-corrected chi connectivity index (χ0v) is 9.07. The molecule has 1 aromatic rings. The molecule has 0 aliphatic heterocycles. The first-order valence-electron chi connectivity index (χ1n) is 4.48. The lowest BCUT2D eigenvalue weighted by Gasteiger charge is -2.18. The van der Waals surface area contributed by atoms with Crippen LogP contribution in [0.4, 0.5) is 5.82 Å². The highest BCUT2D eigenvalue weighted by Gasteiger charge is 2.20. The molecule has 0 aliphatic rings. The van der Waals surface area contributed by atoms with Crippen molar-refractivity contribution in [3.05, 3.63) is 22.8 Å². The van der Waals surface area contributed by atoms with Gasteiger partial charge in [0, 0.05) is 18.3 Å². The lowest BCUT2D eigenvalue weighted by atomic mass is 10.1. The first-order chi connectivity index (χ1) is 7.06. The quantitative estimate of drug-likeness (QED) is 0.583. The predicted octanol–water partition coefficient (Wildman–Crippen LogP) is -0.0691. The molecule has 2 unspecified atom stereocenters. The second kappa shape index (κ2) is 5.27. The first kappa shape index (κ1) is 12.2. The maximum Gasteiger partial charge on any atom is 0.129 e. The summed E-state index contributed by atoms with van der Waals surface area (Å²) in [5.74, 6) is 0.169. The van der Waals surface area contributed by atoms with Crippen LogP contribution in [0.2, 0.25) is 5.02 Å². The minimum absolute atomic E-state index is 0.169. The van der Waals surface area contributed by atoms with E-state index in [-0.39, 0.29) is 12.4 Å². The number of halogens is 1. The number of aromatic nitrogens is 1. The summed E-state index contributed by atoms with van der Waals surface area (Å²) in [5.41, 5.74) is 5.90. The van der Waals surface area contributed by atoms with E-state index >= 15 is 0 Å². The van der Waals surface area contributed by atoms with E-state index < -0.39 is 12.2 Å². The van der Waals surface area contributed by atoms with E-state index in [9.17, 15) is 10.2 Å². The molecule has 5 N–H and O–H groups in total. The number of aliphatic hydroxyl groups is 2. The van der Waals surface area contributed by atoms with Crippen molar-refractivity contribution < 1.29 is 10.2 Å². The fourth-order valence-electron chi connectivity index (χ4n) is 1.23. The first-order valence-corrected chi connectivity index (χ1v) is 4.85. The highest BCUT2D eigenvalue weighted by molar-refractivity contribution is 6.30. The zero-order chi connectivity index (χ0) is 11.4. The molecule has 2 atom stereocenters. The Hall–Kier alpha value is -0.880. The van der Waals surface area contributed by atoms with Crippen LogP contribution in [0.25, 0.3) is 0 Å². The van der Waals surface area contributed by atoms with Crippen molar-refractivity contribution in [1.82, 2.24) is 10.3 Å². The Kier molecular flexibility index (Phi) is 4.28. The summed E-state index contributed by atoms with van der Waals surface area (Å²) in [6.45, 7) is 0.257. The van der Waals surface area contributed by atoms with Crippen LogP contribution in [0.1, 0.15) is 11.7 Å². The molecule has 1 rings (SSSR count). The van der Waals surface area contributed by atoms with E-state index in [1.807, 2.05) is 0 Å². The summed E-state index contributed by atoms with van der Waals surface area (Å²) in [5, 5.41) is 22.4. The van der Waals surface area contributed by atoms with E-state index in [0.29, 0.717) is 10.6 Å². The van der Waals surface area contributed by atoms with Gasteiger partial charge in [-0.15, -0.1) is 0 Å². The largest absolute Gasteiger partial charge is 0.389 e. The van der Waals surface area contributed by atoms with Crippen molar-refractivity contribution in [2.45, 2.75) is 12.2 Å². The van der Waals surface area contributed by atoms with Crippen molar-refractivity contribution >= 4 is 17.4 Å². The third-order valence-electron chi connectivity index (χ3n) is 2.01. The number of likely N-dealkylation sites (N-methyl/N-ethyl adjacent to an activating group) is 1. The van der Waals surface area contributed by atoms with E-state index in [1.165, 1.54) is 12.3 Å². The van der Waals surface area contributed by atoms with Crippen molar-refractivity contribution in [3.8, 4) is 0 Å². The van der Waals surface area contributed by atoms with E-state index in [1.54, 1.807) is 7.05 Å². The Morgan fingerprint density at radius 3 is 2.87 bits per heavy atom. The summed E-state index contributed by atoms with van der Waals surface area (Å²) in [4.78, 5) is 3.80. The Morgan fingerprint density at radius 1 is 1.60 bits per heavy atom. The van der Waals surface area contributed by atoms with Crippen molar-refractivity contribution in [2.75, 3.05) is 19.3 Å². The highest BCUT2D eigenvalue weighted by atomic mass is 35.5. The summed E-state index contributed by atoms with van der Waals surface area (Å²) < 4.78 is 0. The molecule has 0 aromatic carbocycles. The van der Waals surface area contributed by atoms with Crippen LogP contribution < -0.4 is 11.1 Å². The normalized spacial score (nSPS) is 14.9. The van der Waals surface area contributed by atoms with Gasteiger partial charge in [0.1, 0.15) is 11.9 Å². The molecule has 0 saturated carbocycles. The van der Waals surface area contributed by atoms with Crippen LogP contribution >= 0.6 is 11.6 Å². The monoisotopic (exact) mass is 231 g/mol. The van der Waals surface area contributed by atoms with Crippen molar-refractivity contribution in [1.29, 1.82) is 0 Å². The molecule has 0 aliphatic carbocycles. The molecular weight excluding hydrogens is 218 g/mol. The molecule has 0 bridgehead atoms. The fraction of sp³-hybridized carbons (Fsp3) is 0.444. The summed E-state index contributed by atoms with van der Waals surface area (Å²) in [7, 11) is 1.68. The molecule has 15 heavy (non-hydrogen) atoms. The molecular formula is C9H14ClN3O2. The van der Waals surface area contributed by atoms with E-state index in [4.69, 9.17) is 17.3 Å². The second-order valence-corrected chi connectivity index (χ2v) is 3.63. The number of hydrogen-bond acceptors (Lipinski definition) is 5. The number of pyridine rings is 1. The number of nitrogens with two attached hydrogens (primary N) is 1. The zero-order valence-electron chi connectivity index (χ0n) is 8.31. The molecule has 1 heterocycles. The molecule has 1 aromatic heterocycles. The van der Waals surface area contributed by atoms with Crippen molar-refractivity contribution in [3.63, 3.8) is 0 Å². The van der Waals surface area contributed by atoms with Crippen LogP contribution in [0.15, 0.2) is 12.3 Å². The molecule has 0 saturated heterocycles. The summed E-state index contributed by atoms with van der Waals surface area (Å²) in [6.07, 6.45) is -0.654. The number of nitrogens with one attached hydrogen (secondary N) is 1. The van der Waals surface area contributed by atoms with Gasteiger partial charge >= 0.3 is 0 Å². The maximum atomic E-state index is 9.76. The third-order valence-corrected chi connectivity index (χ3v) is 2.22. The van der Waals surface area contributed by atoms with Crippen LogP contribution in [0, 0.1) is 0 Å². The Morgan fingerprint density at radius 2 is 2.27 bits per heavy atom. The smallest absolute Gasteiger partial charge is 0.129 e. The fourth-order valence-corrected chi connectivity index (χ4v) is 1.40. The molecule has 6 heteroatoms. The van der Waals surface area contributed by atoms with Gasteiger partial charge < -0.3 is 21.3 Å². The summed E-state index contributed by atoms with van der Waals surface area (Å²) in [6, 6.07) is 1.49. The molecule has 5 nitrogen and oxygen atoms in total. The number of aliphatic hydroxyl groups excluding tert-OH is 2. The molecule has 0 radical (unpaired) electrons. The molecule has 84 valence electrons. The SMILES string of the molecule is CNCC(O)C(O)c1cc(Cl)cnc1N. The van der Waals surface area contributed by atoms with Crippen molar-refractivity contribution in [2.24, 2.45) is 0 Å². The average molecular weight is 232 g/mol. The average Bonchev–Trinajstić information content (AvgIpc) is 2.21. The van der Waals surface area contributed by atoms with Gasteiger partial charge in [-0.25, -0.2) is 4.98 Å². The van der Waals surface area contributed by atoms with Crippen LogP contribution in [-0.2, 0) is 0 Å². The van der Waals surface area contributed by atoms with Crippen LogP contribution in [0.3, 0.4) is 0 Å². The molecule has 0 amide bonds. The van der Waals surface area contributed by atoms with Crippen LogP contribution in [-0.4, -0.2) is 34.9 Å². The minimum Gasteiger partial charge on any atom is -0.389 e. The minimum atomic E-state index is -1.09. The van der Waals surface area contributed by atoms with Crippen LogP contribution in [0.5, 0.6) is 0 Å².